The van der Waals surface area contributed by atoms with Gasteiger partial charge in [0.25, 0.3) is 0 Å². The third kappa shape index (κ3) is 2.63. The van der Waals surface area contributed by atoms with Gasteiger partial charge in [-0.3, -0.25) is 0 Å². The zero-order valence-electron chi connectivity index (χ0n) is 11.1. The van der Waals surface area contributed by atoms with Crippen LogP contribution in [0, 0.1) is 10.5 Å². The Labute approximate surface area is 141 Å². The molecule has 0 saturated carbocycles. The molecule has 2 heteroatoms. The van der Waals surface area contributed by atoms with E-state index in [2.05, 4.69) is 106 Å². The first-order valence-corrected chi connectivity index (χ1v) is 8.54. The van der Waals surface area contributed by atoms with Crippen LogP contribution in [-0.2, 0) is 0 Å². The van der Waals surface area contributed by atoms with E-state index in [1.165, 1.54) is 31.0 Å². The Kier molecular flexibility index (Phi) is 4.13. The van der Waals surface area contributed by atoms with Gasteiger partial charge < -0.3 is 0 Å². The predicted octanol–water partition coefficient (Wildman–Crippen LogP) is 6.24. The van der Waals surface area contributed by atoms with Crippen molar-refractivity contribution in [2.45, 2.75) is 11.8 Å². The number of aryl methyl sites for hydroxylation is 1. The first-order chi connectivity index (χ1) is 9.66. The van der Waals surface area contributed by atoms with Gasteiger partial charge in [0.2, 0.25) is 0 Å². The van der Waals surface area contributed by atoms with Crippen LogP contribution in [-0.4, -0.2) is 0 Å². The number of halogens is 2. The average Bonchev–Trinajstić information content (AvgIpc) is 2.46. The van der Waals surface area contributed by atoms with E-state index in [9.17, 15) is 0 Å². The molecule has 3 rings (SSSR count). The molecule has 0 fully saturated rings. The number of rotatable bonds is 2. The summed E-state index contributed by atoms with van der Waals surface area (Å²) in [5.74, 6) is 0. The minimum Gasteiger partial charge on any atom is -0.0786 e. The van der Waals surface area contributed by atoms with E-state index in [0.29, 0.717) is 0 Å². The van der Waals surface area contributed by atoms with E-state index in [1.807, 2.05) is 0 Å². The number of hydrogen-bond acceptors (Lipinski definition) is 0. The lowest BCUT2D eigenvalue weighted by Crippen LogP contribution is -1.97. The Morgan fingerprint density at radius 2 is 1.75 bits per heavy atom. The summed E-state index contributed by atoms with van der Waals surface area (Å²) >= 11 is 6.26. The molecule has 0 N–H and O–H groups in total. The molecule has 3 aromatic carbocycles. The van der Waals surface area contributed by atoms with Crippen molar-refractivity contribution in [2.75, 3.05) is 0 Å². The Morgan fingerprint density at radius 1 is 0.950 bits per heavy atom. The third-order valence-electron chi connectivity index (χ3n) is 3.58. The monoisotopic (exact) mass is 436 g/mol. The maximum absolute atomic E-state index is 3.90. The van der Waals surface area contributed by atoms with Crippen molar-refractivity contribution in [2.24, 2.45) is 0 Å². The van der Waals surface area contributed by atoms with Crippen LogP contribution in [0.15, 0.2) is 60.7 Å². The molecule has 0 spiro atoms. The van der Waals surface area contributed by atoms with Crippen LogP contribution in [0.5, 0.6) is 0 Å². The molecule has 0 aliphatic rings. The van der Waals surface area contributed by atoms with Gasteiger partial charge in [0, 0.05) is 3.57 Å². The molecule has 0 heterocycles. The quantitative estimate of drug-likeness (QED) is 0.329. The lowest BCUT2D eigenvalue weighted by Gasteiger charge is -2.17. The van der Waals surface area contributed by atoms with Crippen molar-refractivity contribution in [1.29, 1.82) is 0 Å². The second-order valence-corrected chi connectivity index (χ2v) is 7.10. The van der Waals surface area contributed by atoms with Gasteiger partial charge in [-0.1, -0.05) is 64.5 Å². The Bertz CT molecular complexity index is 764. The molecule has 0 radical (unpaired) electrons. The van der Waals surface area contributed by atoms with E-state index in [0.717, 1.165) is 0 Å². The zero-order chi connectivity index (χ0) is 14.1. The van der Waals surface area contributed by atoms with Crippen LogP contribution in [0.4, 0.5) is 0 Å². The molecule has 0 saturated heterocycles. The smallest absolute Gasteiger partial charge is 0.0653 e. The molecular weight excluding hydrogens is 423 g/mol. The minimum atomic E-state index is 0.225. The first kappa shape index (κ1) is 14.1. The first-order valence-electron chi connectivity index (χ1n) is 6.54. The van der Waals surface area contributed by atoms with E-state index in [1.54, 1.807) is 0 Å². The maximum atomic E-state index is 3.90. The number of benzene rings is 3. The van der Waals surface area contributed by atoms with Gasteiger partial charge >= 0.3 is 0 Å². The van der Waals surface area contributed by atoms with Crippen molar-refractivity contribution < 1.29 is 0 Å². The molecule has 0 aromatic heterocycles. The summed E-state index contributed by atoms with van der Waals surface area (Å²) in [5, 5.41) is 2.62. The minimum absolute atomic E-state index is 0.225. The van der Waals surface area contributed by atoms with Gasteiger partial charge in [-0.2, -0.15) is 0 Å². The van der Waals surface area contributed by atoms with Gasteiger partial charge in [0.15, 0.2) is 0 Å². The molecule has 0 bridgehead atoms. The van der Waals surface area contributed by atoms with Crippen molar-refractivity contribution >= 4 is 49.3 Å². The van der Waals surface area contributed by atoms with Crippen LogP contribution in [0.1, 0.15) is 21.5 Å². The highest BCUT2D eigenvalue weighted by Gasteiger charge is 2.16. The van der Waals surface area contributed by atoms with Crippen LogP contribution in [0.2, 0.25) is 0 Å². The largest absolute Gasteiger partial charge is 0.0786 e. The summed E-state index contributed by atoms with van der Waals surface area (Å²) in [6.45, 7) is 2.18. The number of fused-ring (bicyclic) bond motifs is 1. The summed E-state index contributed by atoms with van der Waals surface area (Å²) in [6.07, 6.45) is 0. The molecule has 0 aliphatic heterocycles. The SMILES string of the molecule is Cc1ccc2ccccc2c1C(Br)c1cccc(I)c1. The van der Waals surface area contributed by atoms with Gasteiger partial charge in [-0.05, 0) is 69.1 Å². The topological polar surface area (TPSA) is 0 Å². The third-order valence-corrected chi connectivity index (χ3v) is 5.24. The second-order valence-electron chi connectivity index (χ2n) is 4.93. The van der Waals surface area contributed by atoms with E-state index < -0.39 is 0 Å². The van der Waals surface area contributed by atoms with Gasteiger partial charge in [-0.25, -0.2) is 0 Å². The fraction of sp³-hybridized carbons (Fsp3) is 0.111. The lowest BCUT2D eigenvalue weighted by atomic mass is 9.94. The molecule has 3 aromatic rings. The van der Waals surface area contributed by atoms with E-state index >= 15 is 0 Å². The molecule has 100 valence electrons. The highest BCUT2D eigenvalue weighted by atomic mass is 127. The van der Waals surface area contributed by atoms with Crippen molar-refractivity contribution in [1.82, 2.24) is 0 Å². The summed E-state index contributed by atoms with van der Waals surface area (Å²) in [5.41, 5.74) is 3.99. The van der Waals surface area contributed by atoms with Crippen LogP contribution in [0.25, 0.3) is 10.8 Å². The Hall–Kier alpha value is -0.870. The molecule has 0 nitrogen and oxygen atoms in total. The number of alkyl halides is 1. The standard InChI is InChI=1S/C18H14BrI/c1-12-9-10-13-5-2-3-8-16(13)17(12)18(19)14-6-4-7-15(20)11-14/h2-11,18H,1H3. The lowest BCUT2D eigenvalue weighted by molar-refractivity contribution is 1.16. The summed E-state index contributed by atoms with van der Waals surface area (Å²) in [7, 11) is 0. The molecule has 20 heavy (non-hydrogen) atoms. The van der Waals surface area contributed by atoms with Gasteiger partial charge in [-0.15, -0.1) is 0 Å². The zero-order valence-corrected chi connectivity index (χ0v) is 14.9. The highest BCUT2D eigenvalue weighted by molar-refractivity contribution is 14.1. The fourth-order valence-corrected chi connectivity index (χ4v) is 4.03. The van der Waals surface area contributed by atoms with Crippen LogP contribution in [0.3, 0.4) is 0 Å². The molecule has 1 unspecified atom stereocenters. The molecule has 0 amide bonds. The fourth-order valence-electron chi connectivity index (χ4n) is 2.57. The van der Waals surface area contributed by atoms with E-state index in [-0.39, 0.29) is 4.83 Å². The number of hydrogen-bond donors (Lipinski definition) is 0. The van der Waals surface area contributed by atoms with Crippen LogP contribution < -0.4 is 0 Å². The maximum Gasteiger partial charge on any atom is 0.0653 e. The summed E-state index contributed by atoms with van der Waals surface area (Å²) in [6, 6.07) is 21.7. The van der Waals surface area contributed by atoms with Gasteiger partial charge in [0.1, 0.15) is 0 Å². The molecule has 1 atom stereocenters. The van der Waals surface area contributed by atoms with Gasteiger partial charge in [0.05, 0.1) is 4.83 Å². The average molecular weight is 437 g/mol. The molecular formula is C18H14BrI. The van der Waals surface area contributed by atoms with Crippen molar-refractivity contribution in [3.8, 4) is 0 Å². The van der Waals surface area contributed by atoms with Crippen LogP contribution >= 0.6 is 38.5 Å². The summed E-state index contributed by atoms with van der Waals surface area (Å²) < 4.78 is 1.27. The Balaban J connectivity index is 2.21. The predicted molar refractivity (Wildman–Crippen MR) is 98.6 cm³/mol. The summed E-state index contributed by atoms with van der Waals surface area (Å²) in [4.78, 5) is 0.225. The normalized spacial score (nSPS) is 12.6. The second kappa shape index (κ2) is 5.86. The van der Waals surface area contributed by atoms with Crippen molar-refractivity contribution in [3.63, 3.8) is 0 Å². The Morgan fingerprint density at radius 3 is 2.55 bits per heavy atom. The highest BCUT2D eigenvalue weighted by Crippen LogP contribution is 2.37. The molecule has 0 aliphatic carbocycles. The van der Waals surface area contributed by atoms with Crippen molar-refractivity contribution in [3.05, 3.63) is 80.9 Å². The van der Waals surface area contributed by atoms with E-state index in [4.69, 9.17) is 0 Å².